The Labute approximate surface area is 87.1 Å². The van der Waals surface area contributed by atoms with Gasteiger partial charge in [-0.05, 0) is 19.9 Å². The Balaban J connectivity index is 1.90. The lowest BCUT2D eigenvalue weighted by atomic mass is 10.2. The number of hydrogen-bond donors (Lipinski definition) is 1. The van der Waals surface area contributed by atoms with Crippen molar-refractivity contribution in [3.8, 4) is 0 Å². The molecule has 0 spiro atoms. The Bertz CT molecular complexity index is 165. The minimum atomic E-state index is 0.895. The van der Waals surface area contributed by atoms with Gasteiger partial charge in [0.05, 0.1) is 13.2 Å². The van der Waals surface area contributed by atoms with Gasteiger partial charge in [-0.2, -0.15) is 0 Å². The summed E-state index contributed by atoms with van der Waals surface area (Å²) in [5.74, 6) is 0. The molecular weight excluding hydrogens is 176 g/mol. The predicted octanol–water partition coefficient (Wildman–Crippen LogP) is 0.874. The maximum Gasteiger partial charge on any atom is 0.0594 e. The zero-order chi connectivity index (χ0) is 10.2. The molecule has 3 heteroatoms. The molecule has 1 heterocycles. The van der Waals surface area contributed by atoms with Gasteiger partial charge in [0.25, 0.3) is 0 Å². The van der Waals surface area contributed by atoms with Crippen molar-refractivity contribution >= 4 is 0 Å². The summed E-state index contributed by atoms with van der Waals surface area (Å²) in [6.07, 6.45) is 1.09. The van der Waals surface area contributed by atoms with E-state index in [2.05, 4.69) is 23.7 Å². The third kappa shape index (κ3) is 5.37. The summed E-state index contributed by atoms with van der Waals surface area (Å²) in [7, 11) is 0. The molecule has 1 aliphatic heterocycles. The van der Waals surface area contributed by atoms with Crippen molar-refractivity contribution in [1.29, 1.82) is 0 Å². The van der Waals surface area contributed by atoms with E-state index in [-0.39, 0.29) is 0 Å². The lowest BCUT2D eigenvalue weighted by Crippen LogP contribution is -2.40. The zero-order valence-corrected chi connectivity index (χ0v) is 9.22. The van der Waals surface area contributed by atoms with Gasteiger partial charge in [-0.3, -0.25) is 4.90 Å². The van der Waals surface area contributed by atoms with Crippen LogP contribution in [0.3, 0.4) is 0 Å². The van der Waals surface area contributed by atoms with Crippen molar-refractivity contribution in [2.75, 3.05) is 45.9 Å². The number of morpholine rings is 1. The third-order valence-corrected chi connectivity index (χ3v) is 2.44. The first kappa shape index (κ1) is 11.7. The van der Waals surface area contributed by atoms with Crippen molar-refractivity contribution in [2.45, 2.75) is 13.3 Å². The van der Waals surface area contributed by atoms with Crippen LogP contribution in [-0.4, -0.2) is 50.8 Å². The molecule has 14 heavy (non-hydrogen) atoms. The average molecular weight is 198 g/mol. The predicted molar refractivity (Wildman–Crippen MR) is 59.6 cm³/mol. The normalized spacial score (nSPS) is 18.4. The molecule has 0 atom stereocenters. The van der Waals surface area contributed by atoms with Crippen molar-refractivity contribution in [3.63, 3.8) is 0 Å². The lowest BCUT2D eigenvalue weighted by Gasteiger charge is -2.26. The van der Waals surface area contributed by atoms with Crippen LogP contribution >= 0.6 is 0 Å². The Kier molecular flexibility index (Phi) is 5.83. The highest BCUT2D eigenvalue weighted by molar-refractivity contribution is 4.88. The fourth-order valence-corrected chi connectivity index (χ4v) is 1.49. The van der Waals surface area contributed by atoms with E-state index >= 15 is 0 Å². The second-order valence-corrected chi connectivity index (χ2v) is 3.91. The molecule has 1 aliphatic rings. The third-order valence-electron chi connectivity index (χ3n) is 2.44. The van der Waals surface area contributed by atoms with Gasteiger partial charge in [0.2, 0.25) is 0 Å². The molecule has 1 N–H and O–H groups in total. The monoisotopic (exact) mass is 198 g/mol. The fraction of sp³-hybridized carbons (Fsp3) is 0.818. The molecule has 0 aromatic rings. The molecule has 0 unspecified atom stereocenters. The molecule has 0 aliphatic carbocycles. The van der Waals surface area contributed by atoms with E-state index in [1.54, 1.807) is 0 Å². The summed E-state index contributed by atoms with van der Waals surface area (Å²) < 4.78 is 5.28. The number of ether oxygens (including phenoxy) is 1. The fourth-order valence-electron chi connectivity index (χ4n) is 1.49. The van der Waals surface area contributed by atoms with Crippen molar-refractivity contribution < 1.29 is 4.74 Å². The summed E-state index contributed by atoms with van der Waals surface area (Å²) in [6.45, 7) is 13.2. The van der Waals surface area contributed by atoms with E-state index in [4.69, 9.17) is 4.74 Å². The first-order valence-corrected chi connectivity index (χ1v) is 5.44. The zero-order valence-electron chi connectivity index (χ0n) is 9.22. The highest BCUT2D eigenvalue weighted by atomic mass is 16.5. The smallest absolute Gasteiger partial charge is 0.0594 e. The molecule has 0 bridgehead atoms. The van der Waals surface area contributed by atoms with E-state index in [0.29, 0.717) is 0 Å². The van der Waals surface area contributed by atoms with Crippen LogP contribution in [0.5, 0.6) is 0 Å². The van der Waals surface area contributed by atoms with E-state index in [1.165, 1.54) is 5.57 Å². The van der Waals surface area contributed by atoms with Crippen molar-refractivity contribution in [1.82, 2.24) is 10.2 Å². The van der Waals surface area contributed by atoms with Crippen LogP contribution in [0, 0.1) is 0 Å². The number of hydrogen-bond acceptors (Lipinski definition) is 3. The first-order chi connectivity index (χ1) is 6.79. The Morgan fingerprint density at radius 1 is 1.36 bits per heavy atom. The quantitative estimate of drug-likeness (QED) is 0.506. The van der Waals surface area contributed by atoms with Crippen LogP contribution in [0.15, 0.2) is 12.2 Å². The van der Waals surface area contributed by atoms with Gasteiger partial charge >= 0.3 is 0 Å². The molecule has 0 saturated carbocycles. The largest absolute Gasteiger partial charge is 0.379 e. The molecule has 0 aromatic carbocycles. The van der Waals surface area contributed by atoms with Gasteiger partial charge in [0.1, 0.15) is 0 Å². The second-order valence-electron chi connectivity index (χ2n) is 3.91. The highest BCUT2D eigenvalue weighted by Gasteiger charge is 2.08. The van der Waals surface area contributed by atoms with Crippen LogP contribution in [0.2, 0.25) is 0 Å². The van der Waals surface area contributed by atoms with Crippen LogP contribution in [0.25, 0.3) is 0 Å². The van der Waals surface area contributed by atoms with Crippen LogP contribution < -0.4 is 5.32 Å². The minimum Gasteiger partial charge on any atom is -0.379 e. The summed E-state index contributed by atoms with van der Waals surface area (Å²) in [4.78, 5) is 2.44. The maximum absolute atomic E-state index is 5.28. The van der Waals surface area contributed by atoms with Gasteiger partial charge in [0.15, 0.2) is 0 Å². The minimum absolute atomic E-state index is 0.895. The van der Waals surface area contributed by atoms with E-state index in [0.717, 1.165) is 52.4 Å². The summed E-state index contributed by atoms with van der Waals surface area (Å²) in [5.41, 5.74) is 1.25. The van der Waals surface area contributed by atoms with Gasteiger partial charge in [-0.25, -0.2) is 0 Å². The SMILES string of the molecule is C=C(C)CCNCCN1CCOCC1. The molecule has 1 saturated heterocycles. The number of rotatable bonds is 6. The number of nitrogens with zero attached hydrogens (tertiary/aromatic N) is 1. The molecule has 1 fully saturated rings. The lowest BCUT2D eigenvalue weighted by molar-refractivity contribution is 0.0385. The van der Waals surface area contributed by atoms with Crippen molar-refractivity contribution in [2.24, 2.45) is 0 Å². The Morgan fingerprint density at radius 2 is 2.07 bits per heavy atom. The molecule has 0 aromatic heterocycles. The molecule has 1 rings (SSSR count). The highest BCUT2D eigenvalue weighted by Crippen LogP contribution is 1.95. The Morgan fingerprint density at radius 3 is 2.71 bits per heavy atom. The first-order valence-electron chi connectivity index (χ1n) is 5.44. The van der Waals surface area contributed by atoms with Gasteiger partial charge < -0.3 is 10.1 Å². The van der Waals surface area contributed by atoms with Gasteiger partial charge in [0, 0.05) is 26.2 Å². The van der Waals surface area contributed by atoms with Gasteiger partial charge in [-0.1, -0.05) is 5.57 Å². The topological polar surface area (TPSA) is 24.5 Å². The van der Waals surface area contributed by atoms with Crippen LogP contribution in [-0.2, 0) is 4.74 Å². The average Bonchev–Trinajstić information content (AvgIpc) is 2.18. The van der Waals surface area contributed by atoms with Crippen LogP contribution in [0.1, 0.15) is 13.3 Å². The van der Waals surface area contributed by atoms with E-state index < -0.39 is 0 Å². The van der Waals surface area contributed by atoms with Crippen LogP contribution in [0.4, 0.5) is 0 Å². The van der Waals surface area contributed by atoms with Gasteiger partial charge in [-0.15, -0.1) is 6.58 Å². The second kappa shape index (κ2) is 6.98. The molecule has 3 nitrogen and oxygen atoms in total. The maximum atomic E-state index is 5.28. The molecular formula is C11H22N2O. The Hall–Kier alpha value is -0.380. The van der Waals surface area contributed by atoms with Crippen molar-refractivity contribution in [3.05, 3.63) is 12.2 Å². The summed E-state index contributed by atoms with van der Waals surface area (Å²) in [6, 6.07) is 0. The standard InChI is InChI=1S/C11H22N2O/c1-11(2)3-4-12-5-6-13-7-9-14-10-8-13/h12H,1,3-10H2,2H3. The van der Waals surface area contributed by atoms with E-state index in [1.807, 2.05) is 0 Å². The molecule has 82 valence electrons. The summed E-state index contributed by atoms with van der Waals surface area (Å²) in [5, 5.41) is 3.42. The number of nitrogens with one attached hydrogen (secondary N) is 1. The summed E-state index contributed by atoms with van der Waals surface area (Å²) >= 11 is 0. The molecule has 0 radical (unpaired) electrons. The van der Waals surface area contributed by atoms with E-state index in [9.17, 15) is 0 Å². The molecule has 0 amide bonds.